The molecule has 0 aliphatic carbocycles. The van der Waals surface area contributed by atoms with E-state index in [2.05, 4.69) is 12.1 Å². The summed E-state index contributed by atoms with van der Waals surface area (Å²) in [6.07, 6.45) is 1.88. The topological polar surface area (TPSA) is 66.6 Å². The monoisotopic (exact) mass is 322 g/mol. The van der Waals surface area contributed by atoms with Gasteiger partial charge in [0.1, 0.15) is 5.75 Å². The number of hydrogen-bond acceptors (Lipinski definition) is 3. The lowest BCUT2D eigenvalue weighted by atomic mass is 9.88. The molecule has 3 rings (SSSR count). The molecule has 0 bridgehead atoms. The molecule has 3 N–H and O–H groups in total. The lowest BCUT2D eigenvalue weighted by molar-refractivity contribution is 0.0713. The first-order valence-corrected chi connectivity index (χ1v) is 8.25. The van der Waals surface area contributed by atoms with Gasteiger partial charge in [-0.15, -0.1) is 0 Å². The largest absolute Gasteiger partial charge is 0.508 e. The van der Waals surface area contributed by atoms with Crippen molar-refractivity contribution in [3.05, 3.63) is 71.6 Å². The zero-order chi connectivity index (χ0) is 17.1. The summed E-state index contributed by atoms with van der Waals surface area (Å²) in [5.41, 5.74) is 8.92. The van der Waals surface area contributed by atoms with E-state index < -0.39 is 0 Å². The fraction of sp³-hybridized carbons (Fsp3) is 0.300. The Hall–Kier alpha value is -2.33. The van der Waals surface area contributed by atoms with E-state index in [9.17, 15) is 9.90 Å². The molecule has 2 radical (unpaired) electrons. The van der Waals surface area contributed by atoms with Crippen LogP contribution in [-0.4, -0.2) is 29.0 Å². The third-order valence-electron chi connectivity index (χ3n) is 4.71. The SMILES string of the molecule is [CH]c1cc(C(=O)N2CCC(c3cccc(CN)c3)CC2)ccc1O. The average Bonchev–Trinajstić information content (AvgIpc) is 2.63. The highest BCUT2D eigenvalue weighted by atomic mass is 16.3. The number of benzene rings is 2. The van der Waals surface area contributed by atoms with Crippen molar-refractivity contribution in [1.29, 1.82) is 0 Å². The Morgan fingerprint density at radius 1 is 1.21 bits per heavy atom. The number of phenolic OH excluding ortho intramolecular Hbond substituents is 1. The smallest absolute Gasteiger partial charge is 0.253 e. The first-order valence-electron chi connectivity index (χ1n) is 8.25. The molecule has 0 saturated carbocycles. The van der Waals surface area contributed by atoms with Crippen LogP contribution in [0.1, 0.15) is 45.8 Å². The highest BCUT2D eigenvalue weighted by Gasteiger charge is 2.24. The fourth-order valence-electron chi connectivity index (χ4n) is 3.26. The van der Waals surface area contributed by atoms with Crippen molar-refractivity contribution in [2.45, 2.75) is 25.3 Å². The van der Waals surface area contributed by atoms with Crippen LogP contribution >= 0.6 is 0 Å². The van der Waals surface area contributed by atoms with Crippen LogP contribution in [0.15, 0.2) is 42.5 Å². The van der Waals surface area contributed by atoms with Crippen LogP contribution in [0.3, 0.4) is 0 Å². The van der Waals surface area contributed by atoms with Crippen molar-refractivity contribution in [2.24, 2.45) is 5.73 Å². The van der Waals surface area contributed by atoms with Crippen molar-refractivity contribution in [3.8, 4) is 5.75 Å². The van der Waals surface area contributed by atoms with Crippen molar-refractivity contribution >= 4 is 5.91 Å². The van der Waals surface area contributed by atoms with E-state index >= 15 is 0 Å². The van der Waals surface area contributed by atoms with E-state index in [1.165, 1.54) is 17.7 Å². The number of phenols is 1. The van der Waals surface area contributed by atoms with Crippen molar-refractivity contribution in [2.75, 3.05) is 13.1 Å². The number of carbonyl (C=O) groups is 1. The molecule has 1 amide bonds. The molecule has 0 aromatic heterocycles. The molecule has 2 aromatic carbocycles. The molecular formula is C20H22N2O2. The Balaban J connectivity index is 1.65. The van der Waals surface area contributed by atoms with E-state index in [4.69, 9.17) is 12.7 Å². The first-order chi connectivity index (χ1) is 11.6. The molecule has 24 heavy (non-hydrogen) atoms. The molecule has 2 aromatic rings. The van der Waals surface area contributed by atoms with Gasteiger partial charge in [0, 0.05) is 32.1 Å². The normalized spacial score (nSPS) is 15.5. The summed E-state index contributed by atoms with van der Waals surface area (Å²) in [6.45, 7) is 7.67. The van der Waals surface area contributed by atoms with Gasteiger partial charge in [0.05, 0.1) is 0 Å². The number of nitrogens with two attached hydrogens (primary N) is 1. The predicted octanol–water partition coefficient (Wildman–Crippen LogP) is 2.93. The minimum Gasteiger partial charge on any atom is -0.508 e. The minimum absolute atomic E-state index is 0.00467. The third kappa shape index (κ3) is 3.44. The third-order valence-corrected chi connectivity index (χ3v) is 4.71. The Bertz CT molecular complexity index is 734. The second kappa shape index (κ2) is 7.05. The lowest BCUT2D eigenvalue weighted by Crippen LogP contribution is -2.37. The zero-order valence-electron chi connectivity index (χ0n) is 13.6. The van der Waals surface area contributed by atoms with Gasteiger partial charge < -0.3 is 15.7 Å². The van der Waals surface area contributed by atoms with Crippen LogP contribution in [0.5, 0.6) is 5.75 Å². The first kappa shape index (κ1) is 16.5. The number of rotatable bonds is 3. The van der Waals surface area contributed by atoms with Crippen molar-refractivity contribution < 1.29 is 9.90 Å². The van der Waals surface area contributed by atoms with Gasteiger partial charge >= 0.3 is 0 Å². The Morgan fingerprint density at radius 3 is 2.62 bits per heavy atom. The molecule has 124 valence electrons. The van der Waals surface area contributed by atoms with Gasteiger partial charge in [-0.1, -0.05) is 24.3 Å². The second-order valence-electron chi connectivity index (χ2n) is 6.29. The average molecular weight is 322 g/mol. The van der Waals surface area contributed by atoms with Crippen LogP contribution in [0.4, 0.5) is 0 Å². The zero-order valence-corrected chi connectivity index (χ0v) is 13.6. The number of likely N-dealkylation sites (tertiary alicyclic amines) is 1. The van der Waals surface area contributed by atoms with Gasteiger partial charge in [-0.2, -0.15) is 0 Å². The van der Waals surface area contributed by atoms with Gasteiger partial charge in [0.15, 0.2) is 0 Å². The Labute approximate surface area is 142 Å². The minimum atomic E-state index is -0.0316. The van der Waals surface area contributed by atoms with Crippen LogP contribution in [0.2, 0.25) is 0 Å². The maximum atomic E-state index is 12.6. The van der Waals surface area contributed by atoms with E-state index in [1.807, 2.05) is 17.0 Å². The van der Waals surface area contributed by atoms with Gasteiger partial charge in [-0.3, -0.25) is 4.79 Å². The summed E-state index contributed by atoms with van der Waals surface area (Å²) in [5, 5.41) is 9.48. The predicted molar refractivity (Wildman–Crippen MR) is 93.7 cm³/mol. The van der Waals surface area contributed by atoms with Gasteiger partial charge in [0.25, 0.3) is 5.91 Å². The highest BCUT2D eigenvalue weighted by molar-refractivity contribution is 5.94. The second-order valence-corrected chi connectivity index (χ2v) is 6.29. The summed E-state index contributed by atoms with van der Waals surface area (Å²) >= 11 is 0. The van der Waals surface area contributed by atoms with Crippen molar-refractivity contribution in [3.63, 3.8) is 0 Å². The van der Waals surface area contributed by atoms with E-state index in [0.717, 1.165) is 31.5 Å². The number of nitrogens with zero attached hydrogens (tertiary/aromatic N) is 1. The molecule has 1 saturated heterocycles. The molecule has 4 nitrogen and oxygen atoms in total. The maximum Gasteiger partial charge on any atom is 0.253 e. The number of carbonyl (C=O) groups excluding carboxylic acids is 1. The maximum absolute atomic E-state index is 12.6. The molecule has 0 unspecified atom stereocenters. The van der Waals surface area contributed by atoms with Crippen molar-refractivity contribution in [1.82, 2.24) is 4.90 Å². The Morgan fingerprint density at radius 2 is 1.96 bits per heavy atom. The highest BCUT2D eigenvalue weighted by Crippen LogP contribution is 2.29. The van der Waals surface area contributed by atoms with E-state index in [1.54, 1.807) is 6.07 Å². The fourth-order valence-corrected chi connectivity index (χ4v) is 3.26. The molecule has 0 spiro atoms. The molecule has 4 heteroatoms. The summed E-state index contributed by atoms with van der Waals surface area (Å²) in [6, 6.07) is 13.0. The van der Waals surface area contributed by atoms with Crippen LogP contribution in [0, 0.1) is 6.92 Å². The van der Waals surface area contributed by atoms with Gasteiger partial charge in [-0.25, -0.2) is 0 Å². The van der Waals surface area contributed by atoms with Crippen LogP contribution < -0.4 is 5.73 Å². The number of hydrogen-bond donors (Lipinski definition) is 2. The van der Waals surface area contributed by atoms with Gasteiger partial charge in [-0.05, 0) is 53.6 Å². The number of aromatic hydroxyl groups is 1. The summed E-state index contributed by atoms with van der Waals surface area (Å²) in [7, 11) is 0. The molecule has 1 aliphatic heterocycles. The molecule has 0 atom stereocenters. The summed E-state index contributed by atoms with van der Waals surface area (Å²) in [5.74, 6) is 0.436. The van der Waals surface area contributed by atoms with Crippen LogP contribution in [-0.2, 0) is 6.54 Å². The molecule has 1 heterocycles. The Kier molecular flexibility index (Phi) is 4.86. The number of piperidine rings is 1. The van der Waals surface area contributed by atoms with E-state index in [0.29, 0.717) is 18.0 Å². The standard InChI is InChI=1S/C20H22N2O2/c1-14-11-18(5-6-19(14)23)20(24)22-9-7-16(8-10-22)17-4-2-3-15(12-17)13-21/h1-6,11-12,16,23H,7-10,13,21H2. The van der Waals surface area contributed by atoms with E-state index in [-0.39, 0.29) is 17.2 Å². The molecule has 1 fully saturated rings. The number of amides is 1. The molecular weight excluding hydrogens is 300 g/mol. The summed E-state index contributed by atoms with van der Waals surface area (Å²) in [4.78, 5) is 14.4. The van der Waals surface area contributed by atoms with Gasteiger partial charge in [0.2, 0.25) is 0 Å². The quantitative estimate of drug-likeness (QED) is 0.913. The lowest BCUT2D eigenvalue weighted by Gasteiger charge is -2.32. The molecule has 1 aliphatic rings. The van der Waals surface area contributed by atoms with Crippen LogP contribution in [0.25, 0.3) is 0 Å². The summed E-state index contributed by atoms with van der Waals surface area (Å²) < 4.78 is 0.